The average molecular weight is 1590 g/mol. The summed E-state index contributed by atoms with van der Waals surface area (Å²) in [6.45, 7) is 31.5. The highest BCUT2D eigenvalue weighted by atomic mass is 32.2. The van der Waals surface area contributed by atoms with E-state index in [-0.39, 0.29) is 35.8 Å². The lowest BCUT2D eigenvalue weighted by molar-refractivity contribution is -0.862. The third-order valence-electron chi connectivity index (χ3n) is 21.1. The number of quaternary nitrogens is 9. The molecule has 13 heterocycles. The quantitative estimate of drug-likeness (QED) is 0.0784. The van der Waals surface area contributed by atoms with E-state index in [1.807, 2.05) is 77.2 Å². The van der Waals surface area contributed by atoms with Crippen molar-refractivity contribution in [3.63, 3.8) is 0 Å². The predicted molar refractivity (Wildman–Crippen MR) is 426 cm³/mol. The number of urea groups is 1. The Labute approximate surface area is 667 Å². The molecule has 4 aromatic rings. The minimum absolute atomic E-state index is 0.0116. The van der Waals surface area contributed by atoms with Crippen LogP contribution in [0.5, 0.6) is 11.5 Å². The first kappa shape index (κ1) is 91.8. The standard InChI is InChI=1S/C13H18N2O2.C11H15NO.C10H19N3O2.C10H18N2O2.C10H14N2O2.C10H14N2OS.C6H14N2O2S.C5H11NO.C5H11N/c1-14-7-9-15(10-8-14)13(16)11-3-5-12(17-2)6-4-11;1-12-7-3-4-9-8-10(13-2)5-6-11(9)12;1-11-2-4-12(5-3-11)10(14)13-6-8-15-9-7-13;3*1-11-4-6-12(7-5-11)10(13)9-3-2-8-14-9;1-7-3-5-8(6-4-7)11(2,9)10;1-6-2-4-7-5-3-6;1-6-4-2-3-5-6/h3-6,14H,1,7-10H2,2H3;5-6,8,12H,1,3-4,7H2,2H3;11H,1-9H2;9,11H,1-8H2;2*2-3,8,11H,1,4-7H2;7H,1,3-6H2,2H3;6H,1-5H2;6H,1-5H2. The first-order valence-electron chi connectivity index (χ1n) is 39.7. The van der Waals surface area contributed by atoms with Crippen molar-refractivity contribution in [3.8, 4) is 11.5 Å². The zero-order chi connectivity index (χ0) is 80.1. The van der Waals surface area contributed by atoms with E-state index >= 15 is 0 Å². The highest BCUT2D eigenvalue weighted by Gasteiger charge is 2.31. The van der Waals surface area contributed by atoms with Gasteiger partial charge in [0, 0.05) is 36.9 Å². The molecule has 11 aliphatic heterocycles. The molecule has 624 valence electrons. The number of carbonyl (C=O) groups is 5. The number of benzene rings is 2. The summed E-state index contributed by atoms with van der Waals surface area (Å²) in [4.78, 5) is 83.4. The maximum absolute atomic E-state index is 12.2. The van der Waals surface area contributed by atoms with E-state index in [0.717, 1.165) is 243 Å². The SMILES string of the molecule is [CH2-][NH+]1CCCC1.[CH2-][NH+]1CCCc2cc(OC)ccc21.[CH2-][NH+]1CCN(C(=O)C2CCCO2)CC1.[CH2-][NH+]1CCN(C(=O)N2CCOCC2)CC1.[CH2-][NH+]1CCN(C(=O)c2ccc(OC)cc2)CC1.[CH2-][NH+]1CCN(C(=O)c2ccco2)CC1.[CH2-][NH+]1CCN(C(=O)c2cccs2)CC1.[CH2-][NH+]1CCN(S(C)(=O)=O)CC1.[CH2-][NH+]1CCOCC1. The summed E-state index contributed by atoms with van der Waals surface area (Å²) < 4.78 is 54.5. The number of carbonyl (C=O) groups excluding carboxylic acids is 5. The molecule has 10 fully saturated rings. The Morgan fingerprint density at radius 3 is 1.33 bits per heavy atom. The molecule has 0 aliphatic carbocycles. The number of morpholine rings is 2. The van der Waals surface area contributed by atoms with Crippen LogP contribution in [-0.4, -0.2) is 334 Å². The molecule has 2 aromatic carbocycles. The first-order valence-corrected chi connectivity index (χ1v) is 42.4. The van der Waals surface area contributed by atoms with Crippen LogP contribution >= 0.6 is 11.3 Å². The van der Waals surface area contributed by atoms with Crippen LogP contribution in [0.15, 0.2) is 82.8 Å². The summed E-state index contributed by atoms with van der Waals surface area (Å²) in [5.74, 6) is 2.60. The Morgan fingerprint density at radius 1 is 0.450 bits per heavy atom. The number of amides is 6. The number of likely N-dealkylation sites (tertiary alicyclic amines) is 1. The van der Waals surface area contributed by atoms with Gasteiger partial charge in [-0.1, -0.05) is 6.07 Å². The fourth-order valence-electron chi connectivity index (χ4n) is 13.6. The number of piperazine rings is 6. The molecule has 0 bridgehead atoms. The van der Waals surface area contributed by atoms with E-state index in [2.05, 4.69) is 75.6 Å². The van der Waals surface area contributed by atoms with Gasteiger partial charge in [0.15, 0.2) is 5.76 Å². The summed E-state index contributed by atoms with van der Waals surface area (Å²) in [5, 5.41) is 1.94. The summed E-state index contributed by atoms with van der Waals surface area (Å²) in [7, 11) is 35.6. The Balaban J connectivity index is 0.000000175. The average Bonchev–Trinajstić information content (AvgIpc) is 1.14. The van der Waals surface area contributed by atoms with E-state index in [1.54, 1.807) is 26.4 Å². The maximum atomic E-state index is 12.2. The summed E-state index contributed by atoms with van der Waals surface area (Å²) in [6, 6.07) is 20.9. The number of rotatable bonds is 7. The summed E-state index contributed by atoms with van der Waals surface area (Å²) in [6.07, 6.45) is 9.70. The molecule has 2 aromatic heterocycles. The molecule has 10 saturated heterocycles. The van der Waals surface area contributed by atoms with E-state index in [9.17, 15) is 32.4 Å². The molecular weight excluding hydrogens is 1460 g/mol. The number of hydrogen-bond acceptors (Lipinski definition) is 14. The molecule has 11 aliphatic rings. The lowest BCUT2D eigenvalue weighted by atomic mass is 10.0. The van der Waals surface area contributed by atoms with Gasteiger partial charge in [0.2, 0.25) is 10.0 Å². The Bertz CT molecular complexity index is 3310. The monoisotopic (exact) mass is 1590 g/mol. The van der Waals surface area contributed by atoms with Crippen molar-refractivity contribution in [2.45, 2.75) is 44.6 Å². The zero-order valence-corrected chi connectivity index (χ0v) is 68.5. The number of sulfonamides is 1. The molecule has 0 radical (unpaired) electrons. The van der Waals surface area contributed by atoms with Gasteiger partial charge in [-0.3, -0.25) is 19.2 Å². The van der Waals surface area contributed by atoms with Crippen molar-refractivity contribution in [1.82, 2.24) is 33.7 Å². The normalized spacial score (nSPS) is 22.1. The van der Waals surface area contributed by atoms with E-state index in [0.29, 0.717) is 32.1 Å². The van der Waals surface area contributed by atoms with Crippen molar-refractivity contribution >= 4 is 56.7 Å². The molecular formula is C80H134N16O13S2. The van der Waals surface area contributed by atoms with Gasteiger partial charge >= 0.3 is 6.03 Å². The fourth-order valence-corrected chi connectivity index (χ4v) is 15.2. The number of furan rings is 1. The zero-order valence-electron chi connectivity index (χ0n) is 66.9. The second-order valence-corrected chi connectivity index (χ2v) is 32.6. The number of aryl methyl sites for hydroxylation is 1. The third kappa shape index (κ3) is 32.8. The number of fused-ring (bicyclic) bond motifs is 1. The number of thiophene rings is 1. The van der Waals surface area contributed by atoms with E-state index < -0.39 is 10.0 Å². The van der Waals surface area contributed by atoms with Crippen molar-refractivity contribution in [2.24, 2.45) is 0 Å². The van der Waals surface area contributed by atoms with Crippen LogP contribution < -0.4 is 53.6 Å². The smallest absolute Gasteiger partial charge is 0.320 e. The minimum atomic E-state index is -2.96. The van der Waals surface area contributed by atoms with E-state index in [1.165, 1.54) is 111 Å². The Morgan fingerprint density at radius 2 is 0.901 bits per heavy atom. The molecule has 2 atom stereocenters. The van der Waals surface area contributed by atoms with Gasteiger partial charge in [0.25, 0.3) is 23.6 Å². The van der Waals surface area contributed by atoms with Gasteiger partial charge in [-0.15, -0.1) is 18.4 Å². The number of hydrogen-bond donors (Lipinski definition) is 9. The molecule has 15 rings (SSSR count). The van der Waals surface area contributed by atoms with Gasteiger partial charge in [-0.25, -0.2) is 13.2 Å². The van der Waals surface area contributed by atoms with Crippen LogP contribution in [-0.2, 0) is 35.4 Å². The second kappa shape index (κ2) is 49.4. The van der Waals surface area contributed by atoms with Crippen LogP contribution in [0.1, 0.15) is 68.3 Å². The van der Waals surface area contributed by atoms with Crippen molar-refractivity contribution < 1.29 is 105 Å². The molecule has 29 nitrogen and oxygen atoms in total. The van der Waals surface area contributed by atoms with Crippen molar-refractivity contribution in [3.05, 3.63) is 164 Å². The van der Waals surface area contributed by atoms with Crippen LogP contribution in [0.2, 0.25) is 0 Å². The van der Waals surface area contributed by atoms with Gasteiger partial charge in [0.1, 0.15) is 23.3 Å². The number of ether oxygens (including phenoxy) is 5. The number of nitrogens with one attached hydrogen (secondary N) is 9. The second-order valence-electron chi connectivity index (χ2n) is 29.7. The van der Waals surface area contributed by atoms with Crippen LogP contribution in [0.3, 0.4) is 0 Å². The van der Waals surface area contributed by atoms with Crippen molar-refractivity contribution in [1.29, 1.82) is 0 Å². The minimum Gasteiger partial charge on any atom is -0.497 e. The molecule has 31 heteroatoms. The Kier molecular flexibility index (Phi) is 40.8. The molecule has 0 saturated carbocycles. The predicted octanol–water partition coefficient (Wildman–Crippen LogP) is -6.73. The van der Waals surface area contributed by atoms with Gasteiger partial charge in [0.05, 0.1) is 248 Å². The molecule has 9 N–H and O–H groups in total. The Hall–Kier alpha value is -6.40. The van der Waals surface area contributed by atoms with Crippen LogP contribution in [0, 0.1) is 63.4 Å². The van der Waals surface area contributed by atoms with Gasteiger partial charge < -0.3 is 102 Å². The largest absolute Gasteiger partial charge is 0.497 e. The summed E-state index contributed by atoms with van der Waals surface area (Å²) >= 11 is 1.51. The lowest BCUT2D eigenvalue weighted by Gasteiger charge is -2.37. The first-order chi connectivity index (χ1) is 53.4. The van der Waals surface area contributed by atoms with Crippen LogP contribution in [0.4, 0.5) is 10.5 Å². The number of nitrogens with zero attached hydrogens (tertiary/aromatic N) is 7. The van der Waals surface area contributed by atoms with Crippen molar-refractivity contribution in [2.75, 3.05) is 256 Å². The third-order valence-corrected chi connectivity index (χ3v) is 23.3. The highest BCUT2D eigenvalue weighted by Crippen LogP contribution is 2.23. The molecule has 6 amide bonds. The highest BCUT2D eigenvalue weighted by molar-refractivity contribution is 7.88. The topological polar surface area (TPSA) is 241 Å². The maximum Gasteiger partial charge on any atom is 0.320 e. The lowest BCUT2D eigenvalue weighted by Crippen LogP contribution is -3.10. The fraction of sp³-hybridized carbons (Fsp3) is 0.575. The van der Waals surface area contributed by atoms with Gasteiger partial charge in [-0.05, 0) is 98.5 Å². The molecule has 2 unspecified atom stereocenters. The van der Waals surface area contributed by atoms with Gasteiger partial charge in [-0.2, -0.15) is 60.7 Å². The molecule has 0 spiro atoms. The number of methoxy groups -OCH3 is 2. The van der Waals surface area contributed by atoms with E-state index in [4.69, 9.17) is 28.1 Å². The summed E-state index contributed by atoms with van der Waals surface area (Å²) in [5.41, 5.74) is 3.43. The van der Waals surface area contributed by atoms with Crippen LogP contribution in [0.25, 0.3) is 0 Å². The molecule has 111 heavy (non-hydrogen) atoms.